The number of amides is 1. The fourth-order valence-electron chi connectivity index (χ4n) is 2.93. The first-order valence-electron chi connectivity index (χ1n) is 9.05. The second-order valence-corrected chi connectivity index (χ2v) is 8.76. The van der Waals surface area contributed by atoms with Gasteiger partial charge in [0.1, 0.15) is 4.88 Å². The summed E-state index contributed by atoms with van der Waals surface area (Å²) in [6.45, 7) is 12.7. The summed E-state index contributed by atoms with van der Waals surface area (Å²) in [5, 5.41) is 8.67. The molecule has 1 N–H and O–H groups in total. The molecule has 0 saturated heterocycles. The average molecular weight is 383 g/mol. The van der Waals surface area contributed by atoms with Crippen molar-refractivity contribution in [2.24, 2.45) is 0 Å². The molecule has 0 aliphatic heterocycles. The standard InChI is InChI=1S/C21H26N4OS/c1-13-17(15(3)25(24-13)16-10-8-7-9-11-16)12-22-19(26)18-14(2)23-20(27-18)21(4,5)6/h7-11H,12H2,1-6H3,(H,22,26). The zero-order valence-electron chi connectivity index (χ0n) is 16.8. The van der Waals surface area contributed by atoms with E-state index in [1.54, 1.807) is 0 Å². The molecule has 0 aliphatic carbocycles. The van der Waals surface area contributed by atoms with Gasteiger partial charge < -0.3 is 5.32 Å². The molecule has 2 heterocycles. The Hall–Kier alpha value is -2.47. The predicted molar refractivity (Wildman–Crippen MR) is 110 cm³/mol. The molecule has 0 aliphatic rings. The van der Waals surface area contributed by atoms with Crippen LogP contribution in [0, 0.1) is 20.8 Å². The number of carbonyl (C=O) groups is 1. The number of rotatable bonds is 4. The number of hydrogen-bond donors (Lipinski definition) is 1. The summed E-state index contributed by atoms with van der Waals surface area (Å²) in [6.07, 6.45) is 0. The van der Waals surface area contributed by atoms with E-state index in [1.165, 1.54) is 11.3 Å². The summed E-state index contributed by atoms with van der Waals surface area (Å²) >= 11 is 1.48. The summed E-state index contributed by atoms with van der Waals surface area (Å²) in [5.41, 5.74) is 4.76. The van der Waals surface area contributed by atoms with E-state index in [-0.39, 0.29) is 11.3 Å². The van der Waals surface area contributed by atoms with Gasteiger partial charge in [-0.2, -0.15) is 5.10 Å². The molecule has 142 valence electrons. The highest BCUT2D eigenvalue weighted by molar-refractivity contribution is 7.14. The van der Waals surface area contributed by atoms with Crippen LogP contribution in [0.4, 0.5) is 0 Å². The van der Waals surface area contributed by atoms with Gasteiger partial charge in [-0.15, -0.1) is 11.3 Å². The third kappa shape index (κ3) is 3.95. The Morgan fingerprint density at radius 3 is 2.37 bits per heavy atom. The topological polar surface area (TPSA) is 59.8 Å². The summed E-state index contributed by atoms with van der Waals surface area (Å²) < 4.78 is 1.92. The summed E-state index contributed by atoms with van der Waals surface area (Å²) in [5.74, 6) is -0.0771. The number of aryl methyl sites for hydroxylation is 2. The Bertz CT molecular complexity index is 964. The largest absolute Gasteiger partial charge is 0.347 e. The van der Waals surface area contributed by atoms with Crippen molar-refractivity contribution in [2.75, 3.05) is 0 Å². The Balaban J connectivity index is 1.79. The van der Waals surface area contributed by atoms with Crippen LogP contribution in [0.1, 0.15) is 58.1 Å². The molecule has 6 heteroatoms. The quantitative estimate of drug-likeness (QED) is 0.724. The third-order valence-electron chi connectivity index (χ3n) is 4.51. The first kappa shape index (κ1) is 19.3. The van der Waals surface area contributed by atoms with Crippen molar-refractivity contribution in [3.05, 3.63) is 62.9 Å². The van der Waals surface area contributed by atoms with Crippen LogP contribution < -0.4 is 5.32 Å². The van der Waals surface area contributed by atoms with Crippen molar-refractivity contribution in [3.63, 3.8) is 0 Å². The van der Waals surface area contributed by atoms with E-state index < -0.39 is 0 Å². The van der Waals surface area contributed by atoms with E-state index in [1.807, 2.05) is 55.8 Å². The highest BCUT2D eigenvalue weighted by Gasteiger charge is 2.23. The van der Waals surface area contributed by atoms with Gasteiger partial charge in [0.2, 0.25) is 0 Å². The molecule has 1 amide bonds. The molecule has 0 unspecified atom stereocenters. The van der Waals surface area contributed by atoms with Crippen molar-refractivity contribution < 1.29 is 4.79 Å². The maximum atomic E-state index is 12.7. The molecule has 2 aromatic heterocycles. The van der Waals surface area contributed by atoms with Crippen LogP contribution >= 0.6 is 11.3 Å². The van der Waals surface area contributed by atoms with Gasteiger partial charge in [0, 0.05) is 23.2 Å². The Labute approximate surface area is 164 Å². The predicted octanol–water partition coefficient (Wildman–Crippen LogP) is 4.48. The van der Waals surface area contributed by atoms with Gasteiger partial charge in [0.15, 0.2) is 0 Å². The molecule has 3 aromatic rings. The SMILES string of the molecule is Cc1nc(C(C)(C)C)sc1C(=O)NCc1c(C)nn(-c2ccccc2)c1C. The lowest BCUT2D eigenvalue weighted by Crippen LogP contribution is -2.23. The minimum absolute atomic E-state index is 0.0576. The lowest BCUT2D eigenvalue weighted by atomic mass is 9.98. The van der Waals surface area contributed by atoms with E-state index in [9.17, 15) is 4.79 Å². The van der Waals surface area contributed by atoms with Crippen LogP contribution in [0.15, 0.2) is 30.3 Å². The molecule has 5 nitrogen and oxygen atoms in total. The van der Waals surface area contributed by atoms with Gasteiger partial charge in [0.25, 0.3) is 5.91 Å². The lowest BCUT2D eigenvalue weighted by Gasteiger charge is -2.13. The van der Waals surface area contributed by atoms with Crippen LogP contribution in [0.25, 0.3) is 5.69 Å². The second-order valence-electron chi connectivity index (χ2n) is 7.76. The minimum atomic E-state index is -0.0771. The minimum Gasteiger partial charge on any atom is -0.347 e. The summed E-state index contributed by atoms with van der Waals surface area (Å²) in [4.78, 5) is 18.0. The van der Waals surface area contributed by atoms with E-state index in [0.29, 0.717) is 11.4 Å². The van der Waals surface area contributed by atoms with Crippen molar-refractivity contribution >= 4 is 17.2 Å². The molecule has 1 aromatic carbocycles. The van der Waals surface area contributed by atoms with Gasteiger partial charge >= 0.3 is 0 Å². The van der Waals surface area contributed by atoms with Crippen LogP contribution in [-0.2, 0) is 12.0 Å². The number of aromatic nitrogens is 3. The molecule has 0 saturated carbocycles. The van der Waals surface area contributed by atoms with Crippen LogP contribution in [0.2, 0.25) is 0 Å². The van der Waals surface area contributed by atoms with Crippen LogP contribution in [-0.4, -0.2) is 20.7 Å². The summed E-state index contributed by atoms with van der Waals surface area (Å²) in [6, 6.07) is 10.0. The van der Waals surface area contributed by atoms with Gasteiger partial charge in [-0.1, -0.05) is 39.0 Å². The molecule has 0 fully saturated rings. The number of nitrogens with zero attached hydrogens (tertiary/aromatic N) is 3. The molecule has 0 bridgehead atoms. The number of nitrogens with one attached hydrogen (secondary N) is 1. The maximum Gasteiger partial charge on any atom is 0.263 e. The number of hydrogen-bond acceptors (Lipinski definition) is 4. The molecule has 3 rings (SSSR count). The van der Waals surface area contributed by atoms with E-state index in [4.69, 9.17) is 0 Å². The van der Waals surface area contributed by atoms with E-state index in [2.05, 4.69) is 36.2 Å². The van der Waals surface area contributed by atoms with E-state index in [0.717, 1.165) is 33.3 Å². The number of carbonyl (C=O) groups excluding carboxylic acids is 1. The Morgan fingerprint density at radius 2 is 1.78 bits per heavy atom. The van der Waals surface area contributed by atoms with Crippen molar-refractivity contribution in [2.45, 2.75) is 53.5 Å². The molecule has 0 spiro atoms. The molecule has 0 radical (unpaired) electrons. The number of benzene rings is 1. The second kappa shape index (κ2) is 7.27. The van der Waals surface area contributed by atoms with Gasteiger partial charge in [0.05, 0.1) is 22.1 Å². The van der Waals surface area contributed by atoms with Gasteiger partial charge in [-0.05, 0) is 32.9 Å². The maximum absolute atomic E-state index is 12.7. The molecule has 27 heavy (non-hydrogen) atoms. The molecule has 0 atom stereocenters. The zero-order valence-corrected chi connectivity index (χ0v) is 17.6. The van der Waals surface area contributed by atoms with Crippen molar-refractivity contribution in [3.8, 4) is 5.69 Å². The lowest BCUT2D eigenvalue weighted by molar-refractivity contribution is 0.0954. The first-order valence-corrected chi connectivity index (χ1v) is 9.86. The first-order chi connectivity index (χ1) is 12.7. The monoisotopic (exact) mass is 382 g/mol. The molecular formula is C21H26N4OS. The Morgan fingerprint density at radius 1 is 1.11 bits per heavy atom. The fourth-order valence-corrected chi connectivity index (χ4v) is 3.97. The van der Waals surface area contributed by atoms with E-state index >= 15 is 0 Å². The normalized spacial score (nSPS) is 11.6. The highest BCUT2D eigenvalue weighted by atomic mass is 32.1. The van der Waals surface area contributed by atoms with Crippen LogP contribution in [0.5, 0.6) is 0 Å². The van der Waals surface area contributed by atoms with Crippen LogP contribution in [0.3, 0.4) is 0 Å². The molecular weight excluding hydrogens is 356 g/mol. The highest BCUT2D eigenvalue weighted by Crippen LogP contribution is 2.29. The average Bonchev–Trinajstić information content (AvgIpc) is 3.14. The van der Waals surface area contributed by atoms with Crippen molar-refractivity contribution in [1.82, 2.24) is 20.1 Å². The Kier molecular flexibility index (Phi) is 5.20. The number of para-hydroxylation sites is 1. The summed E-state index contributed by atoms with van der Waals surface area (Å²) in [7, 11) is 0. The van der Waals surface area contributed by atoms with Gasteiger partial charge in [-0.25, -0.2) is 9.67 Å². The number of thiazole rings is 1. The smallest absolute Gasteiger partial charge is 0.263 e. The van der Waals surface area contributed by atoms with Crippen molar-refractivity contribution in [1.29, 1.82) is 0 Å². The third-order valence-corrected chi connectivity index (χ3v) is 6.09. The zero-order chi connectivity index (χ0) is 19.8. The van der Waals surface area contributed by atoms with Gasteiger partial charge in [-0.3, -0.25) is 4.79 Å². The fraction of sp³-hybridized carbons (Fsp3) is 0.381.